The van der Waals surface area contributed by atoms with E-state index in [0.29, 0.717) is 0 Å². The van der Waals surface area contributed by atoms with Crippen molar-refractivity contribution in [3.8, 4) is 0 Å². The molecule has 0 aromatic carbocycles. The lowest BCUT2D eigenvalue weighted by Crippen LogP contribution is -1.75. The Hall–Kier alpha value is -0.0400. The van der Waals surface area contributed by atoms with Gasteiger partial charge < -0.3 is 4.90 Å². The Morgan fingerprint density at radius 2 is 1.33 bits per heavy atom. The molecule has 0 unspecified atom stereocenters. The summed E-state index contributed by atoms with van der Waals surface area (Å²) in [7, 11) is 2.11. The van der Waals surface area contributed by atoms with E-state index >= 15 is 0 Å². The maximum atomic E-state index is 2.25. The number of hydrogen-bond donors (Lipinski definition) is 0. The number of hydrogen-bond acceptors (Lipinski definition) is 1. The largest absolute Gasteiger partial charge is 0.304 e. The molecule has 0 radical (unpaired) electrons. The molecule has 0 bridgehead atoms. The van der Waals surface area contributed by atoms with E-state index in [1.165, 1.54) is 13.1 Å². The van der Waals surface area contributed by atoms with Crippen LogP contribution in [0.4, 0.5) is 0 Å². The summed E-state index contributed by atoms with van der Waals surface area (Å²) in [4.78, 5) is 2.25. The second-order valence-electron chi connectivity index (χ2n) is 1.30. The van der Waals surface area contributed by atoms with E-state index in [4.69, 9.17) is 0 Å². The topological polar surface area (TPSA) is 3.01 Å². The van der Waals surface area contributed by atoms with Crippen LogP contribution in [-0.4, -0.2) is 25.0 Å². The van der Waals surface area contributed by atoms with E-state index < -0.39 is 0 Å². The molecule has 0 aromatic rings. The summed E-state index contributed by atoms with van der Waals surface area (Å²) in [6.07, 6.45) is 0. The first kappa shape index (κ1) is 9.35. The van der Waals surface area contributed by atoms with Crippen LogP contribution >= 0.6 is 0 Å². The lowest BCUT2D eigenvalue weighted by atomic mass is 11.0. The third-order valence-electron chi connectivity index (χ3n) is 0.671. The molecule has 40 valence electrons. The highest BCUT2D eigenvalue weighted by Crippen LogP contribution is 1.93. The summed E-state index contributed by atoms with van der Waals surface area (Å²) in [6.45, 7) is 2.64. The first-order chi connectivity index (χ1) is 1.89. The molecule has 6 heavy (non-hydrogen) atoms. The fourth-order valence-corrected chi connectivity index (χ4v) is 0.1000. The molecule has 0 saturated carbocycles. The summed E-state index contributed by atoms with van der Waals surface area (Å²) < 4.78 is 0. The maximum absolute atomic E-state index is 2.25. The second-order valence-corrected chi connectivity index (χ2v) is 1.30. The zero-order valence-electron chi connectivity index (χ0n) is 2.86. The van der Waals surface area contributed by atoms with Gasteiger partial charge in [0.1, 0.15) is 0 Å². The Bertz CT molecular complexity index is 23.1. The number of nitrogens with zero attached hydrogens (tertiary/aromatic N) is 1. The molecule has 0 aromatic heterocycles. The molecular formula is C5H15N. The molecule has 1 aliphatic rings. The van der Waals surface area contributed by atoms with Crippen molar-refractivity contribution in [2.45, 2.75) is 14.9 Å². The van der Waals surface area contributed by atoms with Crippen LogP contribution in [-0.2, 0) is 0 Å². The fourth-order valence-electron chi connectivity index (χ4n) is 0.1000. The molecule has 1 nitrogen and oxygen atoms in total. The van der Waals surface area contributed by atoms with E-state index in [0.717, 1.165) is 0 Å². The second kappa shape index (κ2) is 3.16. The van der Waals surface area contributed by atoms with Gasteiger partial charge in [-0.25, -0.2) is 0 Å². The van der Waals surface area contributed by atoms with Gasteiger partial charge in [-0.15, -0.1) is 0 Å². The van der Waals surface area contributed by atoms with E-state index in [1.54, 1.807) is 0 Å². The average molecular weight is 89.2 g/mol. The quantitative estimate of drug-likeness (QED) is 0.403. The lowest BCUT2D eigenvalue weighted by Gasteiger charge is -1.66. The van der Waals surface area contributed by atoms with Crippen LogP contribution < -0.4 is 0 Å². The summed E-state index contributed by atoms with van der Waals surface area (Å²) in [5.74, 6) is 0. The van der Waals surface area contributed by atoms with Crippen molar-refractivity contribution in [2.24, 2.45) is 0 Å². The summed E-state index contributed by atoms with van der Waals surface area (Å²) in [6, 6.07) is 0. The highest BCUT2D eigenvalue weighted by Gasteiger charge is 2.07. The SMILES string of the molecule is C.C.CN1CC1. The third-order valence-corrected chi connectivity index (χ3v) is 0.671. The van der Waals surface area contributed by atoms with Gasteiger partial charge in [-0.3, -0.25) is 0 Å². The fraction of sp³-hybridized carbons (Fsp3) is 1.00. The van der Waals surface area contributed by atoms with Crippen molar-refractivity contribution in [2.75, 3.05) is 20.1 Å². The van der Waals surface area contributed by atoms with Crippen LogP contribution in [0.25, 0.3) is 0 Å². The van der Waals surface area contributed by atoms with E-state index in [-0.39, 0.29) is 14.9 Å². The summed E-state index contributed by atoms with van der Waals surface area (Å²) >= 11 is 0. The molecule has 0 N–H and O–H groups in total. The number of rotatable bonds is 0. The van der Waals surface area contributed by atoms with Gasteiger partial charge in [0.2, 0.25) is 0 Å². The molecule has 1 heterocycles. The minimum atomic E-state index is 0. The smallest absolute Gasteiger partial charge is 0.0107 e. The van der Waals surface area contributed by atoms with Crippen LogP contribution in [0.15, 0.2) is 0 Å². The van der Waals surface area contributed by atoms with Crippen LogP contribution in [0.5, 0.6) is 0 Å². The molecule has 1 saturated heterocycles. The van der Waals surface area contributed by atoms with E-state index in [2.05, 4.69) is 11.9 Å². The zero-order chi connectivity index (χ0) is 2.99. The van der Waals surface area contributed by atoms with Gasteiger partial charge in [0, 0.05) is 13.1 Å². The highest BCUT2D eigenvalue weighted by molar-refractivity contribution is 4.64. The Balaban J connectivity index is 0. The predicted octanol–water partition coefficient (Wildman–Crippen LogP) is 1.20. The van der Waals surface area contributed by atoms with E-state index in [9.17, 15) is 0 Å². The van der Waals surface area contributed by atoms with Gasteiger partial charge in [-0.2, -0.15) is 0 Å². The predicted molar refractivity (Wildman–Crippen MR) is 31.0 cm³/mol. The van der Waals surface area contributed by atoms with Crippen molar-refractivity contribution < 1.29 is 0 Å². The minimum Gasteiger partial charge on any atom is -0.304 e. The summed E-state index contributed by atoms with van der Waals surface area (Å²) in [5, 5.41) is 0. The molecule has 0 atom stereocenters. The standard InChI is InChI=1S/C3H7N.2CH4/c1-4-2-3-4;;/h2-3H2,1H3;2*1H4. The Morgan fingerprint density at radius 3 is 1.33 bits per heavy atom. The van der Waals surface area contributed by atoms with Gasteiger partial charge in [-0.1, -0.05) is 14.9 Å². The molecule has 1 heteroatoms. The molecule has 0 spiro atoms. The molecule has 1 aliphatic heterocycles. The van der Waals surface area contributed by atoms with Gasteiger partial charge in [0.05, 0.1) is 0 Å². The van der Waals surface area contributed by atoms with Crippen LogP contribution in [0, 0.1) is 0 Å². The third kappa shape index (κ3) is 3.96. The minimum absolute atomic E-state index is 0. The van der Waals surface area contributed by atoms with Crippen LogP contribution in [0.1, 0.15) is 14.9 Å². The van der Waals surface area contributed by atoms with Crippen molar-refractivity contribution in [1.29, 1.82) is 0 Å². The van der Waals surface area contributed by atoms with Gasteiger partial charge in [0.15, 0.2) is 0 Å². The van der Waals surface area contributed by atoms with Crippen LogP contribution in [0.2, 0.25) is 0 Å². The Kier molecular flexibility index (Phi) is 4.93. The molecule has 1 fully saturated rings. The van der Waals surface area contributed by atoms with Crippen molar-refractivity contribution in [3.63, 3.8) is 0 Å². The lowest BCUT2D eigenvalue weighted by molar-refractivity contribution is 0.698. The molecule has 0 amide bonds. The van der Waals surface area contributed by atoms with Crippen molar-refractivity contribution in [1.82, 2.24) is 4.90 Å². The van der Waals surface area contributed by atoms with Gasteiger partial charge in [-0.05, 0) is 7.05 Å². The van der Waals surface area contributed by atoms with Gasteiger partial charge >= 0.3 is 0 Å². The first-order valence-electron chi connectivity index (χ1n) is 1.58. The average Bonchev–Trinajstić information content (AvgIpc) is 1.75. The first-order valence-corrected chi connectivity index (χ1v) is 1.58. The summed E-state index contributed by atoms with van der Waals surface area (Å²) in [5.41, 5.74) is 0. The van der Waals surface area contributed by atoms with Gasteiger partial charge in [0.25, 0.3) is 0 Å². The highest BCUT2D eigenvalue weighted by atomic mass is 15.2. The van der Waals surface area contributed by atoms with Crippen molar-refractivity contribution >= 4 is 0 Å². The maximum Gasteiger partial charge on any atom is 0.0107 e. The zero-order valence-corrected chi connectivity index (χ0v) is 2.86. The number of likely N-dealkylation sites (N-methyl/N-ethyl adjacent to an activating group) is 1. The molecular weight excluding hydrogens is 74.1 g/mol. The monoisotopic (exact) mass is 89.1 g/mol. The molecule has 1 rings (SSSR count). The van der Waals surface area contributed by atoms with Crippen molar-refractivity contribution in [3.05, 3.63) is 0 Å². The van der Waals surface area contributed by atoms with Crippen LogP contribution in [0.3, 0.4) is 0 Å². The van der Waals surface area contributed by atoms with E-state index in [1.807, 2.05) is 0 Å². The normalized spacial score (nSPS) is 17.5. The Morgan fingerprint density at radius 1 is 1.17 bits per heavy atom. The molecule has 0 aliphatic carbocycles. The Labute approximate surface area is 41.0 Å².